The minimum Gasteiger partial charge on any atom is -0.506 e. The van der Waals surface area contributed by atoms with Crippen molar-refractivity contribution in [3.05, 3.63) is 62.3 Å². The lowest BCUT2D eigenvalue weighted by Gasteiger charge is -2.27. The normalized spacial score (nSPS) is 13.6. The molecule has 1 fully saturated rings. The van der Waals surface area contributed by atoms with Crippen LogP contribution in [0.4, 0.5) is 5.69 Å². The summed E-state index contributed by atoms with van der Waals surface area (Å²) in [4.78, 5) is 53.7. The number of rotatable bonds is 6. The molecular formula is C23H24ClN5O6. The van der Waals surface area contributed by atoms with Gasteiger partial charge >= 0.3 is 5.69 Å². The predicted molar refractivity (Wildman–Crippen MR) is 130 cm³/mol. The van der Waals surface area contributed by atoms with Gasteiger partial charge in [-0.1, -0.05) is 23.7 Å². The van der Waals surface area contributed by atoms with Crippen LogP contribution in [0.15, 0.2) is 46.0 Å². The molecule has 0 radical (unpaired) electrons. The van der Waals surface area contributed by atoms with Crippen LogP contribution in [-0.2, 0) is 22.7 Å². The van der Waals surface area contributed by atoms with Crippen LogP contribution in [0, 0.1) is 0 Å². The summed E-state index contributed by atoms with van der Waals surface area (Å²) in [6.45, 7) is 1.36. The Kier molecular flexibility index (Phi) is 7.08. The van der Waals surface area contributed by atoms with Crippen molar-refractivity contribution in [2.45, 2.75) is 13.1 Å². The van der Waals surface area contributed by atoms with E-state index in [1.165, 1.54) is 19.2 Å². The van der Waals surface area contributed by atoms with Gasteiger partial charge in [0, 0.05) is 32.2 Å². The van der Waals surface area contributed by atoms with E-state index < -0.39 is 30.2 Å². The van der Waals surface area contributed by atoms with Crippen LogP contribution in [0.5, 0.6) is 11.5 Å². The van der Waals surface area contributed by atoms with Crippen molar-refractivity contribution in [1.82, 2.24) is 19.4 Å². The number of piperazine rings is 1. The topological polar surface area (TPSA) is 135 Å². The number of carbonyl (C=O) groups is 2. The number of aromatic hydroxyl groups is 1. The Balaban J connectivity index is 1.69. The molecule has 0 atom stereocenters. The highest BCUT2D eigenvalue weighted by Gasteiger charge is 2.21. The van der Waals surface area contributed by atoms with E-state index in [9.17, 15) is 24.3 Å². The van der Waals surface area contributed by atoms with Crippen LogP contribution in [0.25, 0.3) is 10.9 Å². The minimum absolute atomic E-state index is 0.00342. The molecule has 184 valence electrons. The standard InChI is InChI=1S/C23H24ClN5O6/c1-35-19-11-18(30)15(24)10-16(19)26-20(31)12-28-17-5-3-2-4-14(17)22(33)29(23(28)34)13-21(32)27-8-6-25-7-9-27/h2-5,10-11,25,30H,6-9,12-13H2,1H3,(H,26,31). The van der Waals surface area contributed by atoms with E-state index in [4.69, 9.17) is 16.3 Å². The van der Waals surface area contributed by atoms with E-state index in [1.807, 2.05) is 0 Å². The van der Waals surface area contributed by atoms with Gasteiger partial charge in [0.25, 0.3) is 5.56 Å². The molecule has 0 bridgehead atoms. The number of methoxy groups -OCH3 is 1. The molecule has 11 nitrogen and oxygen atoms in total. The number of para-hydroxylation sites is 1. The molecule has 4 rings (SSSR count). The van der Waals surface area contributed by atoms with Crippen molar-refractivity contribution >= 4 is 40.0 Å². The molecule has 2 heterocycles. The Hall–Kier alpha value is -3.83. The summed E-state index contributed by atoms with van der Waals surface area (Å²) in [6, 6.07) is 8.97. The number of phenols is 1. The highest BCUT2D eigenvalue weighted by molar-refractivity contribution is 6.32. The lowest BCUT2D eigenvalue weighted by atomic mass is 10.2. The number of phenolic OH excluding ortho intramolecular Hbond substituents is 1. The van der Waals surface area contributed by atoms with Gasteiger partial charge in [0.2, 0.25) is 11.8 Å². The largest absolute Gasteiger partial charge is 0.506 e. The number of aromatic nitrogens is 2. The molecule has 0 aliphatic carbocycles. The number of hydrogen-bond acceptors (Lipinski definition) is 7. The average molecular weight is 502 g/mol. The summed E-state index contributed by atoms with van der Waals surface area (Å²) in [7, 11) is 1.36. The molecule has 3 aromatic rings. The SMILES string of the molecule is COc1cc(O)c(Cl)cc1NC(=O)Cn1c(=O)n(CC(=O)N2CCNCC2)c(=O)c2ccccc21. The second-order valence-corrected chi connectivity index (χ2v) is 8.37. The highest BCUT2D eigenvalue weighted by Crippen LogP contribution is 2.35. The van der Waals surface area contributed by atoms with Crippen LogP contribution in [0.1, 0.15) is 0 Å². The van der Waals surface area contributed by atoms with Crippen LogP contribution in [0.2, 0.25) is 5.02 Å². The van der Waals surface area contributed by atoms with Gasteiger partial charge in [-0.15, -0.1) is 0 Å². The Labute approximate surface area is 204 Å². The van der Waals surface area contributed by atoms with Gasteiger partial charge in [-0.05, 0) is 18.2 Å². The number of halogens is 1. The van der Waals surface area contributed by atoms with Gasteiger partial charge in [0.05, 0.1) is 28.7 Å². The quantitative estimate of drug-likeness (QED) is 0.421. The molecule has 0 unspecified atom stereocenters. The third-order valence-electron chi connectivity index (χ3n) is 5.74. The first kappa shape index (κ1) is 24.3. The molecule has 0 spiro atoms. The predicted octanol–water partition coefficient (Wildman–Crippen LogP) is 0.601. The Bertz CT molecular complexity index is 1410. The zero-order chi connectivity index (χ0) is 25.1. The second-order valence-electron chi connectivity index (χ2n) is 7.96. The molecule has 1 aromatic heterocycles. The summed E-state index contributed by atoms with van der Waals surface area (Å²) in [6.07, 6.45) is 0. The number of hydrogen-bond donors (Lipinski definition) is 3. The summed E-state index contributed by atoms with van der Waals surface area (Å²) in [5.74, 6) is -0.995. The molecule has 2 aromatic carbocycles. The van der Waals surface area contributed by atoms with Crippen LogP contribution in [0.3, 0.4) is 0 Å². The molecule has 1 aliphatic heterocycles. The zero-order valence-corrected chi connectivity index (χ0v) is 19.7. The maximum atomic E-state index is 13.3. The molecule has 1 aliphatic rings. The van der Waals surface area contributed by atoms with Gasteiger partial charge in [-0.25, -0.2) is 4.79 Å². The van der Waals surface area contributed by atoms with E-state index in [0.717, 1.165) is 9.13 Å². The molecule has 3 N–H and O–H groups in total. The molecule has 2 amide bonds. The lowest BCUT2D eigenvalue weighted by Crippen LogP contribution is -2.50. The first-order valence-corrected chi connectivity index (χ1v) is 11.2. The fraction of sp³-hybridized carbons (Fsp3) is 0.304. The Morgan fingerprint density at radius 1 is 1.11 bits per heavy atom. The van der Waals surface area contributed by atoms with E-state index in [0.29, 0.717) is 26.2 Å². The van der Waals surface area contributed by atoms with Gasteiger partial charge in [0.1, 0.15) is 24.6 Å². The van der Waals surface area contributed by atoms with Crippen molar-refractivity contribution in [1.29, 1.82) is 0 Å². The Morgan fingerprint density at radius 3 is 2.54 bits per heavy atom. The summed E-state index contributed by atoms with van der Waals surface area (Å²) in [5, 5.41) is 15.7. The van der Waals surface area contributed by atoms with Crippen molar-refractivity contribution in [2.75, 3.05) is 38.6 Å². The number of carbonyl (C=O) groups excluding carboxylic acids is 2. The maximum absolute atomic E-state index is 13.3. The number of anilines is 1. The number of benzene rings is 2. The zero-order valence-electron chi connectivity index (χ0n) is 18.9. The summed E-state index contributed by atoms with van der Waals surface area (Å²) < 4.78 is 7.17. The number of nitrogens with zero attached hydrogens (tertiary/aromatic N) is 3. The van der Waals surface area contributed by atoms with Crippen molar-refractivity contribution in [3.8, 4) is 11.5 Å². The highest BCUT2D eigenvalue weighted by atomic mass is 35.5. The third-order valence-corrected chi connectivity index (χ3v) is 6.04. The maximum Gasteiger partial charge on any atom is 0.332 e. The summed E-state index contributed by atoms with van der Waals surface area (Å²) in [5.41, 5.74) is -0.917. The van der Waals surface area contributed by atoms with Gasteiger partial charge in [-0.2, -0.15) is 0 Å². The number of ether oxygens (including phenoxy) is 1. The number of fused-ring (bicyclic) bond motifs is 1. The van der Waals surface area contributed by atoms with Crippen LogP contribution in [-0.4, -0.2) is 64.2 Å². The Morgan fingerprint density at radius 2 is 1.83 bits per heavy atom. The van der Waals surface area contributed by atoms with Crippen molar-refractivity contribution in [2.24, 2.45) is 0 Å². The van der Waals surface area contributed by atoms with E-state index in [1.54, 1.807) is 29.2 Å². The monoisotopic (exact) mass is 501 g/mol. The van der Waals surface area contributed by atoms with Crippen LogP contribution < -0.4 is 26.6 Å². The first-order valence-electron chi connectivity index (χ1n) is 10.9. The average Bonchev–Trinajstić information content (AvgIpc) is 2.86. The van der Waals surface area contributed by atoms with E-state index in [2.05, 4.69) is 10.6 Å². The molecule has 35 heavy (non-hydrogen) atoms. The van der Waals surface area contributed by atoms with Crippen molar-refractivity contribution < 1.29 is 19.4 Å². The fourth-order valence-electron chi connectivity index (χ4n) is 3.96. The lowest BCUT2D eigenvalue weighted by molar-refractivity contribution is -0.132. The smallest absolute Gasteiger partial charge is 0.332 e. The van der Waals surface area contributed by atoms with Crippen LogP contribution >= 0.6 is 11.6 Å². The molecule has 12 heteroatoms. The van der Waals surface area contributed by atoms with Crippen molar-refractivity contribution in [3.63, 3.8) is 0 Å². The minimum atomic E-state index is -0.775. The summed E-state index contributed by atoms with van der Waals surface area (Å²) >= 11 is 5.95. The first-order chi connectivity index (χ1) is 16.8. The fourth-order valence-corrected chi connectivity index (χ4v) is 4.12. The second kappa shape index (κ2) is 10.2. The van der Waals surface area contributed by atoms with Gasteiger partial charge in [-0.3, -0.25) is 23.5 Å². The number of amides is 2. The van der Waals surface area contributed by atoms with Gasteiger partial charge < -0.3 is 25.4 Å². The third kappa shape index (κ3) is 5.00. The van der Waals surface area contributed by atoms with E-state index >= 15 is 0 Å². The number of nitrogens with one attached hydrogen (secondary N) is 2. The van der Waals surface area contributed by atoms with Gasteiger partial charge in [0.15, 0.2) is 0 Å². The van der Waals surface area contributed by atoms with E-state index in [-0.39, 0.29) is 39.0 Å². The molecule has 0 saturated carbocycles. The molecular weight excluding hydrogens is 478 g/mol. The molecule has 1 saturated heterocycles.